The monoisotopic (exact) mass is 401 g/mol. The van der Waals surface area contributed by atoms with Crippen LogP contribution >= 0.6 is 27.5 Å². The lowest BCUT2D eigenvalue weighted by Gasteiger charge is -2.20. The minimum Gasteiger partial charge on any atom is -0.478 e. The summed E-state index contributed by atoms with van der Waals surface area (Å²) >= 11 is 8.80. The number of hydrogen-bond acceptors (Lipinski definition) is 5. The van der Waals surface area contributed by atoms with Gasteiger partial charge in [-0.25, -0.2) is 13.2 Å². The topological polar surface area (TPSA) is 115 Å². The molecule has 0 fully saturated rings. The number of hydrogen-bond donors (Lipinski definition) is 3. The molecule has 0 atom stereocenters. The van der Waals surface area contributed by atoms with Gasteiger partial charge in [0.15, 0.2) is 0 Å². The van der Waals surface area contributed by atoms with Crippen molar-refractivity contribution in [2.75, 3.05) is 26.3 Å². The molecule has 0 saturated heterocycles. The summed E-state index contributed by atoms with van der Waals surface area (Å²) in [4.78, 5) is 10.8. The van der Waals surface area contributed by atoms with Gasteiger partial charge in [-0.15, -0.1) is 0 Å². The number of carboxylic acid groups (broad SMARTS) is 1. The average Bonchev–Trinajstić information content (AvgIpc) is 2.40. The average molecular weight is 403 g/mol. The molecule has 0 aliphatic rings. The first-order chi connectivity index (χ1) is 9.75. The Bertz CT molecular complexity index is 630. The van der Waals surface area contributed by atoms with E-state index in [2.05, 4.69) is 15.9 Å². The fourth-order valence-electron chi connectivity index (χ4n) is 1.59. The number of rotatable bonds is 7. The predicted octanol–water partition coefficient (Wildman–Crippen LogP) is 0.776. The van der Waals surface area contributed by atoms with Crippen molar-refractivity contribution in [2.45, 2.75) is 4.90 Å². The third-order valence-corrected chi connectivity index (χ3v) is 5.71. The van der Waals surface area contributed by atoms with E-state index in [-0.39, 0.29) is 33.0 Å². The van der Waals surface area contributed by atoms with Crippen molar-refractivity contribution in [1.29, 1.82) is 0 Å². The van der Waals surface area contributed by atoms with Crippen molar-refractivity contribution >= 4 is 43.5 Å². The molecule has 0 spiro atoms. The van der Waals surface area contributed by atoms with Gasteiger partial charge in [0.25, 0.3) is 0 Å². The van der Waals surface area contributed by atoms with E-state index < -0.39 is 29.2 Å². The number of carboxylic acids is 1. The minimum atomic E-state index is -4.06. The molecular formula is C11H13BrClNO6S. The molecule has 0 aliphatic carbocycles. The molecule has 0 unspecified atom stereocenters. The molecule has 3 N–H and O–H groups in total. The number of benzene rings is 1. The van der Waals surface area contributed by atoms with Gasteiger partial charge in [0, 0.05) is 17.6 Å². The maximum absolute atomic E-state index is 12.4. The molecule has 0 aromatic heterocycles. The van der Waals surface area contributed by atoms with Crippen molar-refractivity contribution in [1.82, 2.24) is 4.31 Å². The largest absolute Gasteiger partial charge is 0.478 e. The summed E-state index contributed by atoms with van der Waals surface area (Å²) in [7, 11) is -4.06. The molecule has 118 valence electrons. The van der Waals surface area contributed by atoms with Gasteiger partial charge in [-0.1, -0.05) is 11.6 Å². The molecule has 0 bridgehead atoms. The Balaban J connectivity index is 3.40. The highest BCUT2D eigenvalue weighted by Gasteiger charge is 2.26. The Labute approximate surface area is 134 Å². The molecule has 0 aliphatic heterocycles. The number of nitrogens with zero attached hydrogens (tertiary/aromatic N) is 1. The van der Waals surface area contributed by atoms with Crippen molar-refractivity contribution in [3.05, 3.63) is 27.2 Å². The van der Waals surface area contributed by atoms with Gasteiger partial charge < -0.3 is 15.3 Å². The number of halogens is 2. The quantitative estimate of drug-likeness (QED) is 0.621. The highest BCUT2D eigenvalue weighted by molar-refractivity contribution is 9.10. The first-order valence-corrected chi connectivity index (χ1v) is 8.31. The summed E-state index contributed by atoms with van der Waals surface area (Å²) in [5.41, 5.74) is -0.363. The van der Waals surface area contributed by atoms with Crippen LogP contribution in [0.15, 0.2) is 21.5 Å². The number of aromatic carboxylic acids is 1. The Morgan fingerprint density at radius 2 is 1.76 bits per heavy atom. The Hall–Kier alpha value is -0.710. The summed E-state index contributed by atoms with van der Waals surface area (Å²) in [6.45, 7) is -1.29. The summed E-state index contributed by atoms with van der Waals surface area (Å²) < 4.78 is 25.8. The van der Waals surface area contributed by atoms with Crippen LogP contribution in [-0.4, -0.2) is 60.3 Å². The van der Waals surface area contributed by atoms with Crippen LogP contribution in [0, 0.1) is 0 Å². The van der Waals surface area contributed by atoms with Crippen molar-refractivity contribution < 1.29 is 28.5 Å². The molecule has 1 rings (SSSR count). The third-order valence-electron chi connectivity index (χ3n) is 2.57. The van der Waals surface area contributed by atoms with Gasteiger partial charge in [0.1, 0.15) is 0 Å². The second-order valence-corrected chi connectivity index (χ2v) is 7.09. The van der Waals surface area contributed by atoms with Crippen LogP contribution in [-0.2, 0) is 10.0 Å². The van der Waals surface area contributed by atoms with Crippen LogP contribution in [0.4, 0.5) is 0 Å². The summed E-state index contributed by atoms with van der Waals surface area (Å²) in [5, 5.41) is 26.7. The molecule has 0 saturated carbocycles. The number of carbonyl (C=O) groups is 1. The third kappa shape index (κ3) is 4.15. The standard InChI is InChI=1S/C11H13BrClNO6S/c12-9-6-7(5-8(10(9)13)11(17)18)21(19,20)14(1-3-15)2-4-16/h5-6,15-16H,1-4H2,(H,17,18). The zero-order chi connectivity index (χ0) is 16.2. The Morgan fingerprint density at radius 3 is 2.19 bits per heavy atom. The molecule has 0 radical (unpaired) electrons. The van der Waals surface area contributed by atoms with Crippen LogP contribution in [0.5, 0.6) is 0 Å². The fourth-order valence-corrected chi connectivity index (χ4v) is 3.87. The van der Waals surface area contributed by atoms with Gasteiger partial charge in [-0.05, 0) is 28.1 Å². The molecule has 21 heavy (non-hydrogen) atoms. The van der Waals surface area contributed by atoms with Gasteiger partial charge in [-0.3, -0.25) is 0 Å². The summed E-state index contributed by atoms with van der Waals surface area (Å²) in [6, 6.07) is 2.11. The van der Waals surface area contributed by atoms with Crippen LogP contribution < -0.4 is 0 Å². The number of aliphatic hydroxyl groups is 2. The van der Waals surface area contributed by atoms with E-state index in [4.69, 9.17) is 26.9 Å². The van der Waals surface area contributed by atoms with E-state index in [1.54, 1.807) is 0 Å². The van der Waals surface area contributed by atoms with E-state index in [1.165, 1.54) is 6.07 Å². The molecule has 0 heterocycles. The predicted molar refractivity (Wildman–Crippen MR) is 79.0 cm³/mol. The van der Waals surface area contributed by atoms with Crippen molar-refractivity contribution in [3.8, 4) is 0 Å². The smallest absolute Gasteiger partial charge is 0.337 e. The normalized spacial score (nSPS) is 11.9. The van der Waals surface area contributed by atoms with E-state index in [0.717, 1.165) is 10.4 Å². The SMILES string of the molecule is O=C(O)c1cc(S(=O)(=O)N(CCO)CCO)cc(Br)c1Cl. The van der Waals surface area contributed by atoms with Gasteiger partial charge >= 0.3 is 5.97 Å². The molecule has 1 aromatic rings. The first kappa shape index (κ1) is 18.3. The van der Waals surface area contributed by atoms with E-state index in [0.29, 0.717) is 0 Å². The Kier molecular flexibility index (Phi) is 6.57. The highest BCUT2D eigenvalue weighted by atomic mass is 79.9. The zero-order valence-corrected chi connectivity index (χ0v) is 13.8. The van der Waals surface area contributed by atoms with Crippen LogP contribution in [0.3, 0.4) is 0 Å². The molecule has 10 heteroatoms. The lowest BCUT2D eigenvalue weighted by molar-refractivity contribution is 0.0696. The number of sulfonamides is 1. The molecular weight excluding hydrogens is 390 g/mol. The minimum absolute atomic E-state index is 0.114. The number of aliphatic hydroxyl groups excluding tert-OH is 2. The van der Waals surface area contributed by atoms with Gasteiger partial charge in [0.2, 0.25) is 10.0 Å². The second-order valence-electron chi connectivity index (χ2n) is 3.92. The summed E-state index contributed by atoms with van der Waals surface area (Å²) in [5.74, 6) is -1.37. The van der Waals surface area contributed by atoms with Gasteiger partial charge in [0.05, 0.1) is 28.7 Å². The van der Waals surface area contributed by atoms with E-state index in [9.17, 15) is 13.2 Å². The lowest BCUT2D eigenvalue weighted by Crippen LogP contribution is -2.36. The highest BCUT2D eigenvalue weighted by Crippen LogP contribution is 2.31. The molecule has 1 aromatic carbocycles. The second kappa shape index (κ2) is 7.52. The maximum Gasteiger partial charge on any atom is 0.337 e. The summed E-state index contributed by atoms with van der Waals surface area (Å²) in [6.07, 6.45) is 0. The van der Waals surface area contributed by atoms with E-state index >= 15 is 0 Å². The first-order valence-electron chi connectivity index (χ1n) is 5.70. The maximum atomic E-state index is 12.4. The molecule has 7 nitrogen and oxygen atoms in total. The zero-order valence-electron chi connectivity index (χ0n) is 10.7. The Morgan fingerprint density at radius 1 is 1.24 bits per heavy atom. The molecule has 0 amide bonds. The van der Waals surface area contributed by atoms with Crippen molar-refractivity contribution in [3.63, 3.8) is 0 Å². The lowest BCUT2D eigenvalue weighted by atomic mass is 10.2. The van der Waals surface area contributed by atoms with E-state index in [1.807, 2.05) is 0 Å². The van der Waals surface area contributed by atoms with Gasteiger partial charge in [-0.2, -0.15) is 4.31 Å². The van der Waals surface area contributed by atoms with Crippen molar-refractivity contribution in [2.24, 2.45) is 0 Å². The fraction of sp³-hybridized carbons (Fsp3) is 0.364. The van der Waals surface area contributed by atoms with Crippen LogP contribution in [0.1, 0.15) is 10.4 Å². The van der Waals surface area contributed by atoms with Crippen LogP contribution in [0.2, 0.25) is 5.02 Å². The van der Waals surface area contributed by atoms with Crippen LogP contribution in [0.25, 0.3) is 0 Å².